The van der Waals surface area contributed by atoms with Gasteiger partial charge in [0.25, 0.3) is 0 Å². The SMILES string of the molecule is NC(=O)C1C(=O)C[C@@H]2C[C@@H]3Cc4c(-c5ccc(O)c(C=O)c5)ccc(O)c4C(=O)C3C(=O)[C@]2(O)C1=O. The summed E-state index contributed by atoms with van der Waals surface area (Å²) in [4.78, 5) is 75.5. The number of carbonyl (C=O) groups excluding carboxylic acids is 6. The zero-order chi connectivity index (χ0) is 26.1. The molecule has 0 spiro atoms. The van der Waals surface area contributed by atoms with Gasteiger partial charge in [-0.15, -0.1) is 0 Å². The van der Waals surface area contributed by atoms with Gasteiger partial charge in [0.05, 0.1) is 17.0 Å². The van der Waals surface area contributed by atoms with E-state index in [-0.39, 0.29) is 29.7 Å². The Labute approximate surface area is 203 Å². The lowest BCUT2D eigenvalue weighted by Crippen LogP contribution is -2.68. The molecule has 0 aliphatic heterocycles. The number of amides is 1. The molecule has 2 fully saturated rings. The van der Waals surface area contributed by atoms with Crippen molar-refractivity contribution in [1.29, 1.82) is 0 Å². The Balaban J connectivity index is 1.62. The van der Waals surface area contributed by atoms with E-state index in [1.54, 1.807) is 12.1 Å². The molecule has 10 nitrogen and oxygen atoms in total. The van der Waals surface area contributed by atoms with Crippen LogP contribution in [0.4, 0.5) is 0 Å². The zero-order valence-electron chi connectivity index (χ0n) is 18.8. The number of aromatic hydroxyl groups is 2. The maximum absolute atomic E-state index is 13.6. The molecule has 3 aliphatic rings. The Morgan fingerprint density at radius 3 is 2.36 bits per heavy atom. The average Bonchev–Trinajstić information content (AvgIpc) is 2.82. The molecule has 0 aromatic heterocycles. The Hall–Kier alpha value is -4.18. The Kier molecular flexibility index (Phi) is 5.18. The highest BCUT2D eigenvalue weighted by molar-refractivity contribution is 6.31. The van der Waals surface area contributed by atoms with Crippen molar-refractivity contribution >= 4 is 35.3 Å². The highest BCUT2D eigenvalue weighted by Gasteiger charge is 2.66. The van der Waals surface area contributed by atoms with Crippen LogP contribution in [0.25, 0.3) is 11.1 Å². The summed E-state index contributed by atoms with van der Waals surface area (Å²) in [6.07, 6.45) is 0.140. The number of aliphatic hydroxyl groups is 1. The molecule has 184 valence electrons. The fraction of sp³-hybridized carbons (Fsp3) is 0.308. The molecule has 0 bridgehead atoms. The Morgan fingerprint density at radius 1 is 1.00 bits per heavy atom. The number of phenols is 2. The lowest BCUT2D eigenvalue weighted by Gasteiger charge is -2.48. The first-order valence-corrected chi connectivity index (χ1v) is 11.3. The van der Waals surface area contributed by atoms with Gasteiger partial charge in [-0.2, -0.15) is 0 Å². The van der Waals surface area contributed by atoms with E-state index in [1.165, 1.54) is 18.2 Å². The molecule has 5 atom stereocenters. The van der Waals surface area contributed by atoms with Crippen LogP contribution in [0, 0.1) is 23.7 Å². The van der Waals surface area contributed by atoms with Crippen LogP contribution in [0.3, 0.4) is 0 Å². The van der Waals surface area contributed by atoms with Gasteiger partial charge in [0.1, 0.15) is 11.5 Å². The lowest BCUT2D eigenvalue weighted by molar-refractivity contribution is -0.175. The van der Waals surface area contributed by atoms with Crippen molar-refractivity contribution in [1.82, 2.24) is 0 Å². The first-order valence-electron chi connectivity index (χ1n) is 11.3. The fourth-order valence-electron chi connectivity index (χ4n) is 6.05. The Morgan fingerprint density at radius 2 is 1.69 bits per heavy atom. The number of ketones is 4. The summed E-state index contributed by atoms with van der Waals surface area (Å²) < 4.78 is 0. The Bertz CT molecular complexity index is 1410. The highest BCUT2D eigenvalue weighted by atomic mass is 16.3. The van der Waals surface area contributed by atoms with E-state index in [2.05, 4.69) is 0 Å². The summed E-state index contributed by atoms with van der Waals surface area (Å²) in [5.74, 6) is -11.1. The molecule has 0 saturated heterocycles. The van der Waals surface area contributed by atoms with Crippen LogP contribution >= 0.6 is 0 Å². The van der Waals surface area contributed by atoms with Gasteiger partial charge in [-0.1, -0.05) is 12.1 Å². The number of hydrogen-bond acceptors (Lipinski definition) is 9. The van der Waals surface area contributed by atoms with Crippen LogP contribution < -0.4 is 5.73 Å². The van der Waals surface area contributed by atoms with E-state index in [9.17, 15) is 44.1 Å². The molecule has 0 radical (unpaired) electrons. The third-order valence-corrected chi connectivity index (χ3v) is 7.75. The second-order valence-corrected chi connectivity index (χ2v) is 9.62. The van der Waals surface area contributed by atoms with E-state index in [4.69, 9.17) is 5.73 Å². The topological polar surface area (TPSA) is 189 Å². The molecule has 5 rings (SSSR count). The molecule has 10 heteroatoms. The summed E-state index contributed by atoms with van der Waals surface area (Å²) in [7, 11) is 0. The average molecular weight is 491 g/mol. The molecule has 2 aromatic carbocycles. The van der Waals surface area contributed by atoms with Crippen molar-refractivity contribution in [2.24, 2.45) is 29.4 Å². The fourth-order valence-corrected chi connectivity index (χ4v) is 6.05. The van der Waals surface area contributed by atoms with Crippen molar-refractivity contribution in [3.63, 3.8) is 0 Å². The first-order chi connectivity index (χ1) is 17.0. The number of phenolic OH excluding ortho intramolecular Hbond substituents is 2. The molecule has 36 heavy (non-hydrogen) atoms. The number of Topliss-reactive ketones (excluding diaryl/α,β-unsaturated/α-hetero) is 4. The van der Waals surface area contributed by atoms with E-state index >= 15 is 0 Å². The second kappa shape index (κ2) is 7.92. The summed E-state index contributed by atoms with van der Waals surface area (Å²) in [6.45, 7) is 0. The number of benzene rings is 2. The van der Waals surface area contributed by atoms with E-state index < -0.39 is 70.5 Å². The van der Waals surface area contributed by atoms with E-state index in [1.807, 2.05) is 0 Å². The van der Waals surface area contributed by atoms with Crippen molar-refractivity contribution in [2.75, 3.05) is 0 Å². The quantitative estimate of drug-likeness (QED) is 0.350. The van der Waals surface area contributed by atoms with Crippen LogP contribution in [-0.4, -0.2) is 56.2 Å². The summed E-state index contributed by atoms with van der Waals surface area (Å²) in [6, 6.07) is 7.11. The van der Waals surface area contributed by atoms with Crippen molar-refractivity contribution in [2.45, 2.75) is 24.9 Å². The van der Waals surface area contributed by atoms with Crippen LogP contribution in [0.15, 0.2) is 30.3 Å². The van der Waals surface area contributed by atoms with Crippen LogP contribution in [0.2, 0.25) is 0 Å². The van der Waals surface area contributed by atoms with Crippen LogP contribution in [0.1, 0.15) is 39.1 Å². The summed E-state index contributed by atoms with van der Waals surface area (Å²) in [5, 5.41) is 31.6. The molecule has 3 aliphatic carbocycles. The number of primary amides is 1. The number of hydrogen-bond donors (Lipinski definition) is 4. The van der Waals surface area contributed by atoms with Crippen molar-refractivity contribution in [3.8, 4) is 22.6 Å². The summed E-state index contributed by atoms with van der Waals surface area (Å²) in [5.41, 5.74) is 3.75. The number of nitrogens with two attached hydrogens (primary N) is 1. The number of fused-ring (bicyclic) bond motifs is 3. The van der Waals surface area contributed by atoms with Crippen molar-refractivity contribution in [3.05, 3.63) is 47.0 Å². The molecule has 5 N–H and O–H groups in total. The van der Waals surface area contributed by atoms with Gasteiger partial charge in [0.2, 0.25) is 5.91 Å². The summed E-state index contributed by atoms with van der Waals surface area (Å²) >= 11 is 0. The minimum absolute atomic E-state index is 0.0225. The maximum atomic E-state index is 13.6. The second-order valence-electron chi connectivity index (χ2n) is 9.62. The number of aldehydes is 1. The number of carbonyl (C=O) groups is 6. The van der Waals surface area contributed by atoms with Gasteiger partial charge in [-0.25, -0.2) is 0 Å². The first kappa shape index (κ1) is 23.6. The van der Waals surface area contributed by atoms with Gasteiger partial charge in [0, 0.05) is 12.3 Å². The molecule has 1 amide bonds. The third kappa shape index (κ3) is 3.07. The van der Waals surface area contributed by atoms with Gasteiger partial charge in [0.15, 0.2) is 40.9 Å². The molecule has 2 aromatic rings. The minimum atomic E-state index is -2.70. The molecule has 0 heterocycles. The normalized spacial score (nSPS) is 29.2. The van der Waals surface area contributed by atoms with Gasteiger partial charge >= 0.3 is 0 Å². The largest absolute Gasteiger partial charge is 0.507 e. The van der Waals surface area contributed by atoms with Gasteiger partial charge in [-0.3, -0.25) is 28.8 Å². The zero-order valence-corrected chi connectivity index (χ0v) is 18.8. The molecular formula is C26H21NO9. The monoisotopic (exact) mass is 491 g/mol. The van der Waals surface area contributed by atoms with Gasteiger partial charge in [-0.05, 0) is 53.6 Å². The minimum Gasteiger partial charge on any atom is -0.507 e. The standard InChI is InChI=1S/C26H21NO9/c27-25(35)21-18(31)8-13-6-11-7-15-14(10-1-3-16(29)12(5-10)9-28)2-4-17(30)20(15)22(32)19(11)23(33)26(13,36)24(21)34/h1-5,9,11,13,19,21,29-30,36H,6-8H2,(H2,27,35)/t11-,13+,19?,21?,26+/m1/s1. The predicted octanol–water partition coefficient (Wildman–Crippen LogP) is 0.512. The molecule has 2 unspecified atom stereocenters. The molecular weight excluding hydrogens is 470 g/mol. The number of rotatable bonds is 3. The third-order valence-electron chi connectivity index (χ3n) is 7.75. The van der Waals surface area contributed by atoms with Crippen LogP contribution in [0.5, 0.6) is 11.5 Å². The van der Waals surface area contributed by atoms with E-state index in [0.29, 0.717) is 23.0 Å². The predicted molar refractivity (Wildman–Crippen MR) is 121 cm³/mol. The van der Waals surface area contributed by atoms with E-state index in [0.717, 1.165) is 0 Å². The molecule has 2 saturated carbocycles. The van der Waals surface area contributed by atoms with Crippen molar-refractivity contribution < 1.29 is 44.1 Å². The lowest BCUT2D eigenvalue weighted by atomic mass is 9.53. The highest BCUT2D eigenvalue weighted by Crippen LogP contribution is 2.51. The smallest absolute Gasteiger partial charge is 0.235 e. The van der Waals surface area contributed by atoms with Crippen LogP contribution in [-0.2, 0) is 25.6 Å². The maximum Gasteiger partial charge on any atom is 0.235 e. The van der Waals surface area contributed by atoms with Gasteiger partial charge < -0.3 is 21.1 Å².